The molecule has 4 aliphatic carbocycles. The maximum Gasteiger partial charge on any atom is 0.0619 e. The van der Waals surface area contributed by atoms with E-state index < -0.39 is 0 Å². The van der Waals surface area contributed by atoms with Gasteiger partial charge < -0.3 is 9.80 Å². The van der Waals surface area contributed by atoms with Crippen molar-refractivity contribution >= 4 is 55.7 Å². The first kappa shape index (κ1) is 59.7. The Morgan fingerprint density at radius 1 is 0.170 bits per heavy atom. The third-order valence-corrected chi connectivity index (χ3v) is 23.4. The predicted molar refractivity (Wildman–Crippen MR) is 423 cm³/mol. The molecule has 0 radical (unpaired) electrons. The largest absolute Gasteiger partial charge is 0.309 e. The molecular formula is C98H76N2. The van der Waals surface area contributed by atoms with Gasteiger partial charge in [0, 0.05) is 66.0 Å². The van der Waals surface area contributed by atoms with E-state index in [-0.39, 0.29) is 21.7 Å². The van der Waals surface area contributed by atoms with E-state index in [0.717, 1.165) is 66.8 Å². The zero-order valence-corrected chi connectivity index (χ0v) is 57.9. The second kappa shape index (κ2) is 22.0. The summed E-state index contributed by atoms with van der Waals surface area (Å²) in [4.78, 5) is 5.00. The number of nitrogens with zero attached hydrogens (tertiary/aromatic N) is 2. The average molecular weight is 1280 g/mol. The zero-order valence-electron chi connectivity index (χ0n) is 57.9. The Morgan fingerprint density at radius 3 is 0.690 bits per heavy atom. The van der Waals surface area contributed by atoms with Crippen molar-refractivity contribution in [3.63, 3.8) is 0 Å². The maximum absolute atomic E-state index is 2.55. The lowest BCUT2D eigenvalue weighted by molar-refractivity contribution is 0.659. The van der Waals surface area contributed by atoms with Gasteiger partial charge >= 0.3 is 0 Å². The van der Waals surface area contributed by atoms with Crippen molar-refractivity contribution in [2.75, 3.05) is 9.80 Å². The summed E-state index contributed by atoms with van der Waals surface area (Å²) in [5.74, 6) is 0. The topological polar surface area (TPSA) is 6.48 Å². The molecule has 2 heteroatoms. The van der Waals surface area contributed by atoms with Gasteiger partial charge in [-0.25, -0.2) is 0 Å². The lowest BCUT2D eigenvalue weighted by Crippen LogP contribution is -2.15. The first-order valence-corrected chi connectivity index (χ1v) is 35.5. The number of anilines is 6. The van der Waals surface area contributed by atoms with Crippen molar-refractivity contribution in [2.24, 2.45) is 0 Å². The molecule has 15 aromatic carbocycles. The van der Waals surface area contributed by atoms with Gasteiger partial charge in [0.05, 0.1) is 11.4 Å². The SMILES string of the molecule is CC1(C)c2ccccc2-c2ccc(-c3ccc4c(c3)C(C)(C)c3cc(-c5cccc(N(c6cccc(-c7ccc8c(c7)C(C)(C)c7cc(-c9ccc%10c(c9)C(C)(C)c9ccccc9-%10)ccc7-8)c6)c6c7ccccc7c(N(c7ccccc7)c7ccccc7)c7ccccc67)c5)ccc3-4)cc21. The highest BCUT2D eigenvalue weighted by molar-refractivity contribution is 6.23. The lowest BCUT2D eigenvalue weighted by atomic mass is 9.80. The minimum absolute atomic E-state index is 0.0690. The molecule has 0 heterocycles. The van der Waals surface area contributed by atoms with Crippen molar-refractivity contribution in [1.29, 1.82) is 0 Å². The van der Waals surface area contributed by atoms with Crippen LogP contribution in [-0.2, 0) is 21.7 Å². The fourth-order valence-electron chi connectivity index (χ4n) is 18.1. The Labute approximate surface area is 587 Å². The highest BCUT2D eigenvalue weighted by Gasteiger charge is 2.41. The van der Waals surface area contributed by atoms with Crippen LogP contribution in [0.4, 0.5) is 34.1 Å². The van der Waals surface area contributed by atoms with Gasteiger partial charge in [-0.05, 0) is 218 Å². The first-order valence-electron chi connectivity index (χ1n) is 35.5. The summed E-state index contributed by atoms with van der Waals surface area (Å²) < 4.78 is 0. The van der Waals surface area contributed by atoms with Gasteiger partial charge in [-0.2, -0.15) is 0 Å². The number of para-hydroxylation sites is 2. The Bertz CT molecular complexity index is 5560. The van der Waals surface area contributed by atoms with Crippen LogP contribution in [0.5, 0.6) is 0 Å². The standard InChI is InChI=1S/C98H76N2/c1-95(2)85-39-21-19-33-73(85)75-47-43-65(57-87(75)95)67-45-51-79-77-49-41-63(55-89(77)97(5,6)91(79)59-67)61-25-23-31-71(53-61)100(94-83-37-17-15-35-81(83)93(82-36-16-18-38-84(82)94)99(69-27-11-9-12-28-69)70-29-13-10-14-30-70)72-32-24-26-62(54-72)64-42-50-78-80-52-46-68(60-92(80)98(7,8)90(78)56-64)66-44-48-76-74-34-20-22-40-86(74)96(3,4)88(76)58-66/h9-60H,1-8H3. The van der Waals surface area contributed by atoms with Gasteiger partial charge in [-0.3, -0.25) is 0 Å². The molecule has 0 N–H and O–H groups in total. The molecule has 4 aliphatic rings. The van der Waals surface area contributed by atoms with E-state index in [1.165, 1.54) is 122 Å². The van der Waals surface area contributed by atoms with Crippen LogP contribution in [0.2, 0.25) is 0 Å². The number of rotatable bonds is 10. The Hall–Kier alpha value is -11.6. The quantitative estimate of drug-likeness (QED) is 0.0995. The highest BCUT2D eigenvalue weighted by Crippen LogP contribution is 2.57. The molecule has 0 aromatic heterocycles. The van der Waals surface area contributed by atoms with Crippen LogP contribution in [0.25, 0.3) is 111 Å². The first-order chi connectivity index (χ1) is 48.6. The molecule has 15 aromatic rings. The average Bonchev–Trinajstić information content (AvgIpc) is 1.40. The van der Waals surface area contributed by atoms with Gasteiger partial charge in [0.15, 0.2) is 0 Å². The molecule has 2 nitrogen and oxygen atoms in total. The van der Waals surface area contributed by atoms with Crippen molar-refractivity contribution < 1.29 is 0 Å². The molecule has 19 rings (SSSR count). The summed E-state index contributed by atoms with van der Waals surface area (Å²) in [6, 6.07) is 119. The van der Waals surface area contributed by atoms with Gasteiger partial charge in [-0.15, -0.1) is 0 Å². The normalized spacial score (nSPS) is 14.7. The smallest absolute Gasteiger partial charge is 0.0619 e. The van der Waals surface area contributed by atoms with Crippen LogP contribution in [0.1, 0.15) is 99.9 Å². The zero-order chi connectivity index (χ0) is 67.6. The van der Waals surface area contributed by atoms with E-state index in [9.17, 15) is 0 Å². The molecule has 0 spiro atoms. The van der Waals surface area contributed by atoms with Crippen LogP contribution in [0, 0.1) is 0 Å². The minimum atomic E-state index is -0.243. The molecule has 100 heavy (non-hydrogen) atoms. The van der Waals surface area contributed by atoms with Crippen molar-refractivity contribution in [2.45, 2.75) is 77.0 Å². The third-order valence-electron chi connectivity index (χ3n) is 23.4. The Balaban J connectivity index is 0.730. The van der Waals surface area contributed by atoms with E-state index in [2.05, 4.69) is 381 Å². The van der Waals surface area contributed by atoms with E-state index in [1.807, 2.05) is 0 Å². The second-order valence-electron chi connectivity index (χ2n) is 30.4. The molecule has 0 aliphatic heterocycles. The van der Waals surface area contributed by atoms with E-state index in [4.69, 9.17) is 0 Å². The lowest BCUT2D eigenvalue weighted by Gasteiger charge is -2.33. The summed E-state index contributed by atoms with van der Waals surface area (Å²) in [5, 5.41) is 4.62. The maximum atomic E-state index is 2.55. The molecule has 0 saturated heterocycles. The number of fused-ring (bicyclic) bond motifs is 14. The molecule has 0 unspecified atom stereocenters. The molecular weight excluding hydrogens is 1210 g/mol. The van der Waals surface area contributed by atoms with Gasteiger partial charge in [0.25, 0.3) is 0 Å². The van der Waals surface area contributed by atoms with Gasteiger partial charge in [-0.1, -0.05) is 286 Å². The Morgan fingerprint density at radius 2 is 0.390 bits per heavy atom. The molecule has 478 valence electrons. The number of hydrogen-bond donors (Lipinski definition) is 0. The van der Waals surface area contributed by atoms with E-state index in [1.54, 1.807) is 0 Å². The number of hydrogen-bond acceptors (Lipinski definition) is 2. The highest BCUT2D eigenvalue weighted by atomic mass is 15.2. The monoisotopic (exact) mass is 1280 g/mol. The van der Waals surface area contributed by atoms with Crippen LogP contribution < -0.4 is 9.80 Å². The third kappa shape index (κ3) is 8.88. The van der Waals surface area contributed by atoms with Crippen LogP contribution in [0.15, 0.2) is 315 Å². The van der Waals surface area contributed by atoms with Gasteiger partial charge in [0.2, 0.25) is 0 Å². The Kier molecular flexibility index (Phi) is 13.1. The van der Waals surface area contributed by atoms with Crippen LogP contribution in [-0.4, -0.2) is 0 Å². The van der Waals surface area contributed by atoms with Crippen LogP contribution in [0.3, 0.4) is 0 Å². The summed E-state index contributed by atoms with van der Waals surface area (Å²) >= 11 is 0. The summed E-state index contributed by atoms with van der Waals surface area (Å²) in [7, 11) is 0. The van der Waals surface area contributed by atoms with Gasteiger partial charge in [0.1, 0.15) is 0 Å². The van der Waals surface area contributed by atoms with E-state index >= 15 is 0 Å². The number of benzene rings is 15. The molecule has 0 atom stereocenters. The van der Waals surface area contributed by atoms with Crippen molar-refractivity contribution in [1.82, 2.24) is 0 Å². The molecule has 0 fully saturated rings. The van der Waals surface area contributed by atoms with Crippen LogP contribution >= 0.6 is 0 Å². The second-order valence-corrected chi connectivity index (χ2v) is 30.4. The summed E-state index contributed by atoms with van der Waals surface area (Å²) in [5.41, 5.74) is 37.4. The van der Waals surface area contributed by atoms with E-state index in [0.29, 0.717) is 0 Å². The summed E-state index contributed by atoms with van der Waals surface area (Å²) in [6.07, 6.45) is 0. The predicted octanol–water partition coefficient (Wildman–Crippen LogP) is 26.8. The van der Waals surface area contributed by atoms with Crippen molar-refractivity contribution in [3.8, 4) is 89.0 Å². The van der Waals surface area contributed by atoms with Crippen molar-refractivity contribution in [3.05, 3.63) is 360 Å². The molecule has 0 amide bonds. The molecule has 0 saturated carbocycles. The summed E-state index contributed by atoms with van der Waals surface area (Å²) in [6.45, 7) is 19.2. The fraction of sp³-hybridized carbons (Fsp3) is 0.122. The molecule has 0 bridgehead atoms. The fourth-order valence-corrected chi connectivity index (χ4v) is 18.1. The minimum Gasteiger partial charge on any atom is -0.309 e.